The SMILES string of the molecule is CCCCCCCCCCOC(CCC)C(CC)CC(CC)(CCCC)C(=O)OCCCCC. The van der Waals surface area contributed by atoms with Crippen LogP contribution in [0.2, 0.25) is 0 Å². The van der Waals surface area contributed by atoms with Crippen molar-refractivity contribution in [3.63, 3.8) is 0 Å². The van der Waals surface area contributed by atoms with Crippen molar-refractivity contribution in [1.82, 2.24) is 0 Å². The Morgan fingerprint density at radius 3 is 1.79 bits per heavy atom. The molecular weight excluding hydrogens is 420 g/mol. The predicted molar refractivity (Wildman–Crippen MR) is 148 cm³/mol. The molecule has 0 bridgehead atoms. The van der Waals surface area contributed by atoms with Gasteiger partial charge in [-0.1, -0.05) is 125 Å². The molecule has 0 aliphatic heterocycles. The fraction of sp³-hybridized carbons (Fsp3) is 0.968. The number of hydrogen-bond donors (Lipinski definition) is 0. The summed E-state index contributed by atoms with van der Waals surface area (Å²) < 4.78 is 12.4. The molecule has 3 heteroatoms. The molecule has 0 aromatic rings. The first-order valence-electron chi connectivity index (χ1n) is 15.3. The molecule has 0 N–H and O–H groups in total. The molecule has 0 spiro atoms. The Kier molecular flexibility index (Phi) is 22.5. The number of rotatable bonds is 25. The van der Waals surface area contributed by atoms with E-state index in [2.05, 4.69) is 41.5 Å². The standard InChI is InChI=1S/C31H62O3/c1-7-13-16-17-18-19-20-22-25-33-29(23-10-4)28(11-5)27-31(12-6,24-15-9-3)30(32)34-26-21-14-8-2/h28-29H,7-27H2,1-6H3. The topological polar surface area (TPSA) is 35.5 Å². The van der Waals surface area contributed by atoms with Gasteiger partial charge in [-0.15, -0.1) is 0 Å². The minimum atomic E-state index is -0.350. The van der Waals surface area contributed by atoms with Crippen LogP contribution >= 0.6 is 0 Å². The van der Waals surface area contributed by atoms with Crippen LogP contribution in [0.3, 0.4) is 0 Å². The molecule has 3 nitrogen and oxygen atoms in total. The van der Waals surface area contributed by atoms with Crippen LogP contribution in [0, 0.1) is 11.3 Å². The Hall–Kier alpha value is -0.570. The zero-order valence-corrected chi connectivity index (χ0v) is 24.2. The molecule has 0 radical (unpaired) electrons. The number of carbonyl (C=O) groups is 1. The molecule has 34 heavy (non-hydrogen) atoms. The Labute approximate surface area is 214 Å². The van der Waals surface area contributed by atoms with Gasteiger partial charge in [-0.25, -0.2) is 0 Å². The lowest BCUT2D eigenvalue weighted by molar-refractivity contribution is -0.159. The first-order chi connectivity index (χ1) is 16.5. The summed E-state index contributed by atoms with van der Waals surface area (Å²) in [6.45, 7) is 14.8. The highest BCUT2D eigenvalue weighted by molar-refractivity contribution is 5.76. The van der Waals surface area contributed by atoms with Crippen molar-refractivity contribution in [2.45, 2.75) is 170 Å². The second-order valence-electron chi connectivity index (χ2n) is 10.6. The Bertz CT molecular complexity index is 450. The highest BCUT2D eigenvalue weighted by Crippen LogP contribution is 2.40. The zero-order chi connectivity index (χ0) is 25.5. The van der Waals surface area contributed by atoms with E-state index in [1.807, 2.05) is 0 Å². The van der Waals surface area contributed by atoms with Crippen molar-refractivity contribution in [2.24, 2.45) is 11.3 Å². The van der Waals surface area contributed by atoms with Crippen molar-refractivity contribution in [3.8, 4) is 0 Å². The maximum atomic E-state index is 13.4. The minimum Gasteiger partial charge on any atom is -0.465 e. The molecule has 0 aliphatic rings. The molecule has 204 valence electrons. The summed E-state index contributed by atoms with van der Waals surface area (Å²) in [6.07, 6.45) is 22.4. The molecule has 0 fully saturated rings. The number of esters is 1. The maximum absolute atomic E-state index is 13.4. The van der Waals surface area contributed by atoms with Gasteiger partial charge in [0.15, 0.2) is 0 Å². The molecule has 0 rings (SSSR count). The van der Waals surface area contributed by atoms with Crippen molar-refractivity contribution in [3.05, 3.63) is 0 Å². The third-order valence-electron chi connectivity index (χ3n) is 7.71. The monoisotopic (exact) mass is 482 g/mol. The largest absolute Gasteiger partial charge is 0.465 e. The van der Waals surface area contributed by atoms with Crippen LogP contribution in [-0.4, -0.2) is 25.3 Å². The van der Waals surface area contributed by atoms with Gasteiger partial charge < -0.3 is 9.47 Å². The second kappa shape index (κ2) is 22.9. The Morgan fingerprint density at radius 1 is 0.676 bits per heavy atom. The average molecular weight is 483 g/mol. The third kappa shape index (κ3) is 14.7. The van der Waals surface area contributed by atoms with E-state index in [0.717, 1.165) is 77.2 Å². The van der Waals surface area contributed by atoms with Crippen molar-refractivity contribution in [2.75, 3.05) is 13.2 Å². The van der Waals surface area contributed by atoms with Crippen LogP contribution in [0.1, 0.15) is 164 Å². The Morgan fingerprint density at radius 2 is 1.24 bits per heavy atom. The van der Waals surface area contributed by atoms with Gasteiger partial charge in [0, 0.05) is 6.61 Å². The average Bonchev–Trinajstić information content (AvgIpc) is 2.85. The van der Waals surface area contributed by atoms with E-state index in [-0.39, 0.29) is 17.5 Å². The summed E-state index contributed by atoms with van der Waals surface area (Å²) in [5.74, 6) is 0.477. The van der Waals surface area contributed by atoms with E-state index in [1.54, 1.807) is 0 Å². The van der Waals surface area contributed by atoms with Crippen LogP contribution in [0.15, 0.2) is 0 Å². The van der Waals surface area contributed by atoms with E-state index >= 15 is 0 Å². The summed E-state index contributed by atoms with van der Waals surface area (Å²) >= 11 is 0. The normalized spacial score (nSPS) is 15.1. The van der Waals surface area contributed by atoms with Gasteiger partial charge >= 0.3 is 5.97 Å². The van der Waals surface area contributed by atoms with E-state index in [1.165, 1.54) is 51.4 Å². The summed E-state index contributed by atoms with van der Waals surface area (Å²) in [7, 11) is 0. The second-order valence-corrected chi connectivity index (χ2v) is 10.6. The number of unbranched alkanes of at least 4 members (excludes halogenated alkanes) is 10. The van der Waals surface area contributed by atoms with Gasteiger partial charge in [0.2, 0.25) is 0 Å². The predicted octanol–water partition coefficient (Wildman–Crippen LogP) is 10.0. The van der Waals surface area contributed by atoms with Gasteiger partial charge in [0.25, 0.3) is 0 Å². The highest BCUT2D eigenvalue weighted by atomic mass is 16.5. The van der Waals surface area contributed by atoms with E-state index in [9.17, 15) is 4.79 Å². The number of ether oxygens (including phenoxy) is 2. The van der Waals surface area contributed by atoms with Crippen molar-refractivity contribution < 1.29 is 14.3 Å². The molecule has 0 aliphatic carbocycles. The fourth-order valence-corrected chi connectivity index (χ4v) is 5.19. The first-order valence-corrected chi connectivity index (χ1v) is 15.3. The fourth-order valence-electron chi connectivity index (χ4n) is 5.19. The minimum absolute atomic E-state index is 0.0522. The summed E-state index contributed by atoms with van der Waals surface area (Å²) in [5.41, 5.74) is -0.350. The molecule has 3 atom stereocenters. The molecule has 0 aromatic carbocycles. The number of hydrogen-bond acceptors (Lipinski definition) is 3. The van der Waals surface area contributed by atoms with E-state index < -0.39 is 0 Å². The summed E-state index contributed by atoms with van der Waals surface area (Å²) in [5, 5.41) is 0. The van der Waals surface area contributed by atoms with Crippen LogP contribution in [-0.2, 0) is 14.3 Å². The molecule has 0 saturated carbocycles. The van der Waals surface area contributed by atoms with Gasteiger partial charge in [0.1, 0.15) is 0 Å². The lowest BCUT2D eigenvalue weighted by atomic mass is 9.71. The smallest absolute Gasteiger partial charge is 0.312 e. The van der Waals surface area contributed by atoms with Gasteiger partial charge in [-0.3, -0.25) is 4.79 Å². The quantitative estimate of drug-likeness (QED) is 0.0958. The lowest BCUT2D eigenvalue weighted by Crippen LogP contribution is -2.38. The van der Waals surface area contributed by atoms with Crippen LogP contribution < -0.4 is 0 Å². The van der Waals surface area contributed by atoms with E-state index in [0.29, 0.717) is 12.5 Å². The van der Waals surface area contributed by atoms with Crippen LogP contribution in [0.25, 0.3) is 0 Å². The van der Waals surface area contributed by atoms with Gasteiger partial charge in [-0.2, -0.15) is 0 Å². The lowest BCUT2D eigenvalue weighted by Gasteiger charge is -2.37. The third-order valence-corrected chi connectivity index (χ3v) is 7.71. The Balaban J connectivity index is 4.93. The highest BCUT2D eigenvalue weighted by Gasteiger charge is 2.41. The molecule has 0 heterocycles. The molecule has 0 amide bonds. The first kappa shape index (κ1) is 33.4. The van der Waals surface area contributed by atoms with Gasteiger partial charge in [-0.05, 0) is 44.4 Å². The van der Waals surface area contributed by atoms with Gasteiger partial charge in [0.05, 0.1) is 18.1 Å². The summed E-state index contributed by atoms with van der Waals surface area (Å²) in [4.78, 5) is 13.4. The van der Waals surface area contributed by atoms with Crippen molar-refractivity contribution >= 4 is 5.97 Å². The van der Waals surface area contributed by atoms with Crippen molar-refractivity contribution in [1.29, 1.82) is 0 Å². The zero-order valence-electron chi connectivity index (χ0n) is 24.2. The molecule has 3 unspecified atom stereocenters. The van der Waals surface area contributed by atoms with Crippen LogP contribution in [0.5, 0.6) is 0 Å². The summed E-state index contributed by atoms with van der Waals surface area (Å²) in [6, 6.07) is 0. The van der Waals surface area contributed by atoms with E-state index in [4.69, 9.17) is 9.47 Å². The van der Waals surface area contributed by atoms with Crippen LogP contribution in [0.4, 0.5) is 0 Å². The number of carbonyl (C=O) groups excluding carboxylic acids is 1. The molecule has 0 aromatic heterocycles. The molecule has 0 saturated heterocycles. The molecular formula is C31H62O3. The maximum Gasteiger partial charge on any atom is 0.312 e.